The summed E-state index contributed by atoms with van der Waals surface area (Å²) in [6, 6.07) is 10.4. The smallest absolute Gasteiger partial charge is 0.193 e. The summed E-state index contributed by atoms with van der Waals surface area (Å²) in [4.78, 5) is 0. The van der Waals surface area contributed by atoms with E-state index in [-0.39, 0.29) is 23.2 Å². The minimum atomic E-state index is -1.79. The van der Waals surface area contributed by atoms with Crippen LogP contribution in [0.4, 0.5) is 0 Å². The first-order valence-corrected chi connectivity index (χ1v) is 13.1. The van der Waals surface area contributed by atoms with E-state index in [0.717, 1.165) is 0 Å². The van der Waals surface area contributed by atoms with E-state index in [1.54, 1.807) is 0 Å². The fourth-order valence-corrected chi connectivity index (χ4v) is 3.68. The van der Waals surface area contributed by atoms with Crippen LogP contribution in [0.25, 0.3) is 0 Å². The van der Waals surface area contributed by atoms with E-state index in [4.69, 9.17) is 13.9 Å². The summed E-state index contributed by atoms with van der Waals surface area (Å²) in [6.07, 6.45) is -0.110. The van der Waals surface area contributed by atoms with Crippen LogP contribution in [0.3, 0.4) is 0 Å². The second-order valence-electron chi connectivity index (χ2n) is 9.51. The van der Waals surface area contributed by atoms with Crippen LogP contribution in [0.1, 0.15) is 53.1 Å². The number of nitrogens with one attached hydrogen (secondary N) is 1. The molecule has 0 aliphatic carbocycles. The van der Waals surface area contributed by atoms with E-state index in [9.17, 15) is 0 Å². The molecule has 0 unspecified atom stereocenters. The Bertz CT molecular complexity index is 685. The SMILES string of the molecule is C[C@@H](N[C@H](C#CCO[Si](C)(C)C(C)(C)C)[C@H]1COC(C)(C)O1)c1ccccc1. The van der Waals surface area contributed by atoms with E-state index in [0.29, 0.717) is 13.2 Å². The largest absolute Gasteiger partial charge is 0.406 e. The van der Waals surface area contributed by atoms with Crippen molar-refractivity contribution in [1.82, 2.24) is 5.32 Å². The van der Waals surface area contributed by atoms with Crippen molar-refractivity contribution in [2.45, 2.75) is 83.6 Å². The number of benzene rings is 1. The molecule has 1 heterocycles. The average Bonchev–Trinajstić information content (AvgIpc) is 2.97. The van der Waals surface area contributed by atoms with Gasteiger partial charge in [0, 0.05) is 6.04 Å². The van der Waals surface area contributed by atoms with Gasteiger partial charge in [-0.05, 0) is 44.5 Å². The van der Waals surface area contributed by atoms with Crippen molar-refractivity contribution in [3.63, 3.8) is 0 Å². The van der Waals surface area contributed by atoms with Crippen LogP contribution in [0, 0.1) is 11.8 Å². The van der Waals surface area contributed by atoms with Crippen molar-refractivity contribution in [3.05, 3.63) is 35.9 Å². The lowest BCUT2D eigenvalue weighted by atomic mass is 10.1. The zero-order valence-electron chi connectivity index (χ0n) is 18.8. The molecule has 2 rings (SSSR count). The zero-order valence-corrected chi connectivity index (χ0v) is 19.8. The number of hydrogen-bond donors (Lipinski definition) is 1. The predicted octanol–water partition coefficient (Wildman–Crippen LogP) is 4.88. The first kappa shape index (κ1) is 23.1. The second kappa shape index (κ2) is 9.11. The van der Waals surface area contributed by atoms with E-state index < -0.39 is 14.1 Å². The molecule has 0 radical (unpaired) electrons. The van der Waals surface area contributed by atoms with Gasteiger partial charge >= 0.3 is 0 Å². The van der Waals surface area contributed by atoms with Crippen LogP contribution >= 0.6 is 0 Å². The summed E-state index contributed by atoms with van der Waals surface area (Å²) in [5.74, 6) is 6.02. The average molecular weight is 404 g/mol. The predicted molar refractivity (Wildman–Crippen MR) is 118 cm³/mol. The molecule has 1 N–H and O–H groups in total. The fraction of sp³-hybridized carbons (Fsp3) is 0.652. The molecule has 5 heteroatoms. The van der Waals surface area contributed by atoms with Crippen molar-refractivity contribution >= 4 is 8.32 Å². The Labute approximate surface area is 172 Å². The molecule has 4 nitrogen and oxygen atoms in total. The fourth-order valence-electron chi connectivity index (χ4n) is 2.81. The van der Waals surface area contributed by atoms with Crippen LogP contribution in [-0.2, 0) is 13.9 Å². The van der Waals surface area contributed by atoms with E-state index >= 15 is 0 Å². The van der Waals surface area contributed by atoms with Crippen LogP contribution in [0.15, 0.2) is 30.3 Å². The first-order valence-electron chi connectivity index (χ1n) is 10.2. The summed E-state index contributed by atoms with van der Waals surface area (Å²) in [6.45, 7) is 18.2. The molecular formula is C23H37NO3Si. The molecule has 3 atom stereocenters. The topological polar surface area (TPSA) is 39.7 Å². The number of hydrogen-bond acceptors (Lipinski definition) is 4. The molecule has 0 amide bonds. The highest BCUT2D eigenvalue weighted by Gasteiger charge is 2.38. The van der Waals surface area contributed by atoms with Gasteiger partial charge < -0.3 is 13.9 Å². The highest BCUT2D eigenvalue weighted by Crippen LogP contribution is 2.36. The Kier molecular flexibility index (Phi) is 7.52. The van der Waals surface area contributed by atoms with Crippen molar-refractivity contribution in [3.8, 4) is 11.8 Å². The van der Waals surface area contributed by atoms with E-state index in [1.807, 2.05) is 19.9 Å². The molecular weight excluding hydrogens is 366 g/mol. The summed E-state index contributed by atoms with van der Waals surface area (Å²) in [5.41, 5.74) is 1.23. The minimum absolute atomic E-state index is 0.110. The Morgan fingerprint density at radius 3 is 2.43 bits per heavy atom. The van der Waals surface area contributed by atoms with Gasteiger partial charge in [-0.1, -0.05) is 62.9 Å². The van der Waals surface area contributed by atoms with Gasteiger partial charge in [-0.25, -0.2) is 0 Å². The number of ether oxygens (including phenoxy) is 2. The number of rotatable bonds is 6. The van der Waals surface area contributed by atoms with Gasteiger partial charge in [-0.15, -0.1) is 0 Å². The van der Waals surface area contributed by atoms with Crippen molar-refractivity contribution in [1.29, 1.82) is 0 Å². The van der Waals surface area contributed by atoms with Crippen LogP contribution < -0.4 is 5.32 Å². The van der Waals surface area contributed by atoms with Crippen molar-refractivity contribution < 1.29 is 13.9 Å². The lowest BCUT2D eigenvalue weighted by Crippen LogP contribution is -2.42. The van der Waals surface area contributed by atoms with E-state index in [2.05, 4.69) is 82.2 Å². The Morgan fingerprint density at radius 2 is 1.89 bits per heavy atom. The first-order chi connectivity index (χ1) is 12.9. The molecule has 1 aliphatic heterocycles. The third-order valence-electron chi connectivity index (χ3n) is 5.70. The minimum Gasteiger partial charge on any atom is -0.406 e. The molecule has 1 aromatic rings. The summed E-state index contributed by atoms with van der Waals surface area (Å²) in [7, 11) is -1.79. The highest BCUT2D eigenvalue weighted by atomic mass is 28.4. The van der Waals surface area contributed by atoms with Gasteiger partial charge in [0.15, 0.2) is 14.1 Å². The molecule has 1 saturated heterocycles. The third-order valence-corrected chi connectivity index (χ3v) is 10.2. The molecule has 1 aliphatic rings. The Hall–Kier alpha value is -1.16. The van der Waals surface area contributed by atoms with Crippen LogP contribution in [-0.4, -0.2) is 39.5 Å². The normalized spacial score (nSPS) is 21.6. The molecule has 0 saturated carbocycles. The molecule has 0 aromatic heterocycles. The molecule has 0 spiro atoms. The molecule has 1 aromatic carbocycles. The maximum absolute atomic E-state index is 6.20. The Morgan fingerprint density at radius 1 is 1.25 bits per heavy atom. The standard InChI is InChI=1S/C23H37NO3Si/c1-18(19-13-10-9-11-14-19)24-20(21-17-25-23(5,6)27-21)15-12-16-26-28(7,8)22(2,3)4/h9-11,13-14,18,20-21,24H,16-17H2,1-8H3/t18-,20-,21-/m1/s1. The van der Waals surface area contributed by atoms with Gasteiger partial charge in [0.05, 0.1) is 19.3 Å². The second-order valence-corrected chi connectivity index (χ2v) is 14.3. The summed E-state index contributed by atoms with van der Waals surface area (Å²) >= 11 is 0. The Balaban J connectivity index is 2.07. The van der Waals surface area contributed by atoms with Crippen LogP contribution in [0.2, 0.25) is 18.1 Å². The zero-order chi connectivity index (χ0) is 21.0. The highest BCUT2D eigenvalue weighted by molar-refractivity contribution is 6.74. The molecule has 1 fully saturated rings. The lowest BCUT2D eigenvalue weighted by molar-refractivity contribution is -0.140. The third kappa shape index (κ3) is 6.43. The molecule has 0 bridgehead atoms. The molecule has 156 valence electrons. The summed E-state index contributed by atoms with van der Waals surface area (Å²) < 4.78 is 18.1. The van der Waals surface area contributed by atoms with Crippen molar-refractivity contribution in [2.75, 3.05) is 13.2 Å². The van der Waals surface area contributed by atoms with Crippen LogP contribution in [0.5, 0.6) is 0 Å². The van der Waals surface area contributed by atoms with Gasteiger partial charge in [0.2, 0.25) is 0 Å². The summed E-state index contributed by atoms with van der Waals surface area (Å²) in [5, 5.41) is 3.80. The van der Waals surface area contributed by atoms with Gasteiger partial charge in [-0.2, -0.15) is 0 Å². The van der Waals surface area contributed by atoms with Gasteiger partial charge in [0.1, 0.15) is 6.10 Å². The maximum Gasteiger partial charge on any atom is 0.193 e. The van der Waals surface area contributed by atoms with Gasteiger partial charge in [0.25, 0.3) is 0 Å². The van der Waals surface area contributed by atoms with Crippen molar-refractivity contribution in [2.24, 2.45) is 0 Å². The van der Waals surface area contributed by atoms with E-state index in [1.165, 1.54) is 5.56 Å². The molecule has 28 heavy (non-hydrogen) atoms. The maximum atomic E-state index is 6.20. The lowest BCUT2D eigenvalue weighted by Gasteiger charge is -2.35. The monoisotopic (exact) mass is 403 g/mol. The van der Waals surface area contributed by atoms with Gasteiger partial charge in [-0.3, -0.25) is 5.32 Å². The quantitative estimate of drug-likeness (QED) is 0.543.